The summed E-state index contributed by atoms with van der Waals surface area (Å²) >= 11 is 1.48. The average molecular weight is 471 g/mol. The number of methoxy groups -OCH3 is 2. The number of rotatable bonds is 9. The second kappa shape index (κ2) is 10.6. The van der Waals surface area contributed by atoms with Crippen molar-refractivity contribution in [2.75, 3.05) is 33.9 Å². The van der Waals surface area contributed by atoms with Gasteiger partial charge >= 0.3 is 0 Å². The van der Waals surface area contributed by atoms with Crippen molar-refractivity contribution in [3.63, 3.8) is 0 Å². The second-order valence-electron chi connectivity index (χ2n) is 8.57. The molecule has 1 aliphatic heterocycles. The van der Waals surface area contributed by atoms with Gasteiger partial charge in [-0.3, -0.25) is 9.48 Å². The topological polar surface area (TPSA) is 68.6 Å². The average Bonchev–Trinajstić information content (AvgIpc) is 3.42. The molecule has 0 radical (unpaired) electrons. The lowest BCUT2D eigenvalue weighted by molar-refractivity contribution is 0.0951. The molecule has 0 unspecified atom stereocenters. The molecule has 3 aromatic rings. The summed E-state index contributed by atoms with van der Waals surface area (Å²) in [5, 5.41) is 8.77. The first-order chi connectivity index (χ1) is 16.0. The van der Waals surface area contributed by atoms with Crippen molar-refractivity contribution in [3.05, 3.63) is 29.1 Å². The smallest absolute Gasteiger partial charge is 0.261 e. The van der Waals surface area contributed by atoms with Crippen LogP contribution in [0.4, 0.5) is 0 Å². The predicted molar refractivity (Wildman–Crippen MR) is 134 cm³/mol. The van der Waals surface area contributed by atoms with Crippen LogP contribution in [-0.2, 0) is 7.05 Å². The predicted octanol–water partition coefficient (Wildman–Crippen LogP) is 4.70. The molecule has 33 heavy (non-hydrogen) atoms. The van der Waals surface area contributed by atoms with Crippen molar-refractivity contribution >= 4 is 27.5 Å². The molecule has 4 rings (SSSR count). The number of carbonyl (C=O) groups is 1. The highest BCUT2D eigenvalue weighted by molar-refractivity contribution is 7.20. The van der Waals surface area contributed by atoms with Gasteiger partial charge in [0, 0.05) is 37.1 Å². The monoisotopic (exact) mass is 470 g/mol. The minimum atomic E-state index is -0.0138. The largest absolute Gasteiger partial charge is 0.493 e. The molecule has 2 aromatic heterocycles. The highest BCUT2D eigenvalue weighted by atomic mass is 32.1. The molecule has 8 heteroatoms. The number of carbonyl (C=O) groups excluding carboxylic acids is 1. The molecule has 7 nitrogen and oxygen atoms in total. The zero-order valence-electron chi connectivity index (χ0n) is 20.0. The van der Waals surface area contributed by atoms with Crippen LogP contribution in [0.1, 0.15) is 48.7 Å². The number of aromatic nitrogens is 2. The highest BCUT2D eigenvalue weighted by Crippen LogP contribution is 2.37. The maximum absolute atomic E-state index is 12.8. The van der Waals surface area contributed by atoms with Crippen molar-refractivity contribution < 1.29 is 14.3 Å². The minimum absolute atomic E-state index is 0.0138. The number of amides is 1. The zero-order chi connectivity index (χ0) is 23.4. The Balaban J connectivity index is 1.43. The van der Waals surface area contributed by atoms with Crippen LogP contribution in [0, 0.1) is 0 Å². The molecule has 1 fully saturated rings. The molecule has 1 N–H and O–H groups in total. The molecule has 1 aliphatic rings. The van der Waals surface area contributed by atoms with Gasteiger partial charge in [0.05, 0.1) is 19.1 Å². The van der Waals surface area contributed by atoms with Crippen LogP contribution in [0.15, 0.2) is 24.3 Å². The first-order valence-corrected chi connectivity index (χ1v) is 12.6. The SMILES string of the molecule is CC[C@@H]1CCCCN1CCCNC(=O)c1cc2c(-c3ccc(OC)c(OC)c3)nn(C)c2s1. The number of thiophene rings is 1. The Kier molecular flexibility index (Phi) is 7.55. The van der Waals surface area contributed by atoms with E-state index in [1.807, 2.05) is 36.0 Å². The number of hydrogen-bond acceptors (Lipinski definition) is 6. The van der Waals surface area contributed by atoms with Crippen molar-refractivity contribution in [3.8, 4) is 22.8 Å². The Morgan fingerprint density at radius 1 is 1.21 bits per heavy atom. The summed E-state index contributed by atoms with van der Waals surface area (Å²) in [6, 6.07) is 8.42. The van der Waals surface area contributed by atoms with Gasteiger partial charge in [-0.05, 0) is 56.5 Å². The Labute approximate surface area is 199 Å². The molecular weight excluding hydrogens is 436 g/mol. The summed E-state index contributed by atoms with van der Waals surface area (Å²) in [7, 11) is 5.15. The van der Waals surface area contributed by atoms with Crippen LogP contribution in [0.2, 0.25) is 0 Å². The summed E-state index contributed by atoms with van der Waals surface area (Å²) in [6.07, 6.45) is 6.14. The third-order valence-electron chi connectivity index (χ3n) is 6.52. The van der Waals surface area contributed by atoms with Gasteiger partial charge in [0.1, 0.15) is 10.5 Å². The van der Waals surface area contributed by atoms with Gasteiger partial charge in [-0.15, -0.1) is 11.3 Å². The summed E-state index contributed by atoms with van der Waals surface area (Å²) in [6.45, 7) is 5.21. The maximum Gasteiger partial charge on any atom is 0.261 e. The van der Waals surface area contributed by atoms with Crippen LogP contribution in [0.3, 0.4) is 0 Å². The van der Waals surface area contributed by atoms with E-state index in [9.17, 15) is 4.79 Å². The van der Waals surface area contributed by atoms with E-state index in [-0.39, 0.29) is 5.91 Å². The number of aryl methyl sites for hydroxylation is 1. The number of nitrogens with zero attached hydrogens (tertiary/aromatic N) is 3. The number of fused-ring (bicyclic) bond motifs is 1. The van der Waals surface area contributed by atoms with Gasteiger partial charge in [-0.25, -0.2) is 0 Å². The fourth-order valence-electron chi connectivity index (χ4n) is 4.74. The number of ether oxygens (including phenoxy) is 2. The molecule has 178 valence electrons. The van der Waals surface area contributed by atoms with Crippen LogP contribution in [0.5, 0.6) is 11.5 Å². The summed E-state index contributed by atoms with van der Waals surface area (Å²) in [5.74, 6) is 1.31. The normalized spacial score (nSPS) is 16.8. The fourth-order valence-corrected chi connectivity index (χ4v) is 5.73. The van der Waals surface area contributed by atoms with Crippen LogP contribution in [-0.4, -0.2) is 60.5 Å². The number of nitrogens with one attached hydrogen (secondary N) is 1. The lowest BCUT2D eigenvalue weighted by Gasteiger charge is -2.35. The molecule has 1 saturated heterocycles. The van der Waals surface area contributed by atoms with Crippen molar-refractivity contribution in [1.82, 2.24) is 20.0 Å². The molecule has 1 amide bonds. The Bertz CT molecular complexity index is 1110. The zero-order valence-corrected chi connectivity index (χ0v) is 20.8. The third kappa shape index (κ3) is 5.01. The van der Waals surface area contributed by atoms with E-state index < -0.39 is 0 Å². The first kappa shape index (κ1) is 23.6. The van der Waals surface area contributed by atoms with E-state index in [0.717, 1.165) is 34.4 Å². The van der Waals surface area contributed by atoms with Gasteiger partial charge in [-0.2, -0.15) is 5.10 Å². The van der Waals surface area contributed by atoms with E-state index in [1.165, 1.54) is 43.6 Å². The quantitative estimate of drug-likeness (QED) is 0.459. The van der Waals surface area contributed by atoms with Gasteiger partial charge in [0.25, 0.3) is 5.91 Å². The van der Waals surface area contributed by atoms with Gasteiger partial charge in [0.15, 0.2) is 11.5 Å². The van der Waals surface area contributed by atoms with E-state index in [4.69, 9.17) is 9.47 Å². The maximum atomic E-state index is 12.8. The molecule has 1 aromatic carbocycles. The van der Waals surface area contributed by atoms with Gasteiger partial charge < -0.3 is 19.7 Å². The number of likely N-dealkylation sites (tertiary alicyclic amines) is 1. The number of hydrogen-bond donors (Lipinski definition) is 1. The third-order valence-corrected chi connectivity index (χ3v) is 7.72. The van der Waals surface area contributed by atoms with E-state index in [0.29, 0.717) is 29.0 Å². The molecule has 3 heterocycles. The molecule has 0 aliphatic carbocycles. The second-order valence-corrected chi connectivity index (χ2v) is 9.61. The summed E-state index contributed by atoms with van der Waals surface area (Å²) in [5.41, 5.74) is 1.76. The van der Waals surface area contributed by atoms with Crippen molar-refractivity contribution in [2.24, 2.45) is 7.05 Å². The standard InChI is InChI=1S/C25H34N4O3S/c1-5-18-9-6-7-13-29(18)14-8-12-26-24(30)22-16-19-23(27-28(2)25(19)33-22)17-10-11-20(31-3)21(15-17)32-4/h10-11,15-16,18H,5-9,12-14H2,1-4H3,(H,26,30)/t18-/m1/s1. The van der Waals surface area contributed by atoms with Gasteiger partial charge in [-0.1, -0.05) is 13.3 Å². The molecule has 1 atom stereocenters. The van der Waals surface area contributed by atoms with E-state index >= 15 is 0 Å². The van der Waals surface area contributed by atoms with Gasteiger partial charge in [0.2, 0.25) is 0 Å². The van der Waals surface area contributed by atoms with Crippen LogP contribution >= 0.6 is 11.3 Å². The van der Waals surface area contributed by atoms with Crippen molar-refractivity contribution in [1.29, 1.82) is 0 Å². The Hall–Kier alpha value is -2.58. The minimum Gasteiger partial charge on any atom is -0.493 e. The molecule has 0 spiro atoms. The lowest BCUT2D eigenvalue weighted by atomic mass is 10.00. The first-order valence-electron chi connectivity index (χ1n) is 11.8. The van der Waals surface area contributed by atoms with Crippen molar-refractivity contribution in [2.45, 2.75) is 45.1 Å². The Morgan fingerprint density at radius 3 is 2.79 bits per heavy atom. The van der Waals surface area contributed by atoms with Crippen LogP contribution < -0.4 is 14.8 Å². The summed E-state index contributed by atoms with van der Waals surface area (Å²) in [4.78, 5) is 17.1. The van der Waals surface area contributed by atoms with E-state index in [1.54, 1.807) is 14.2 Å². The lowest BCUT2D eigenvalue weighted by Crippen LogP contribution is -2.40. The number of piperidine rings is 1. The Morgan fingerprint density at radius 2 is 2.03 bits per heavy atom. The molecular formula is C25H34N4O3S. The summed E-state index contributed by atoms with van der Waals surface area (Å²) < 4.78 is 12.6. The highest BCUT2D eigenvalue weighted by Gasteiger charge is 2.21. The van der Waals surface area contributed by atoms with E-state index in [2.05, 4.69) is 22.2 Å². The number of benzene rings is 1. The molecule has 0 saturated carbocycles. The fraction of sp³-hybridized carbons (Fsp3) is 0.520. The van der Waals surface area contributed by atoms with Crippen LogP contribution in [0.25, 0.3) is 21.5 Å². The molecule has 0 bridgehead atoms.